The zero-order valence-corrected chi connectivity index (χ0v) is 13.3. The first-order chi connectivity index (χ1) is 10.7. The molecule has 122 valence electrons. The molecule has 2 amide bonds. The van der Waals surface area contributed by atoms with Crippen molar-refractivity contribution in [2.24, 2.45) is 5.92 Å². The van der Waals surface area contributed by atoms with Crippen molar-refractivity contribution in [1.29, 1.82) is 0 Å². The van der Waals surface area contributed by atoms with Crippen LogP contribution in [0.2, 0.25) is 0 Å². The lowest BCUT2D eigenvalue weighted by Crippen LogP contribution is -2.31. The molecule has 1 saturated heterocycles. The van der Waals surface area contributed by atoms with E-state index in [9.17, 15) is 9.59 Å². The van der Waals surface area contributed by atoms with Gasteiger partial charge in [-0.15, -0.1) is 0 Å². The van der Waals surface area contributed by atoms with E-state index >= 15 is 0 Å². The molecular formula is C16H26N4O2. The summed E-state index contributed by atoms with van der Waals surface area (Å²) in [7, 11) is 0. The summed E-state index contributed by atoms with van der Waals surface area (Å²) in [5, 5.41) is 9.28. The fourth-order valence-electron chi connectivity index (χ4n) is 2.80. The number of anilines is 1. The number of aromatic nitrogens is 2. The predicted octanol–water partition coefficient (Wildman–Crippen LogP) is 2.56. The van der Waals surface area contributed by atoms with Gasteiger partial charge in [-0.1, -0.05) is 32.6 Å². The molecule has 6 heteroatoms. The fourth-order valence-corrected chi connectivity index (χ4v) is 2.80. The second-order valence-corrected chi connectivity index (χ2v) is 5.97. The molecule has 1 aromatic rings. The zero-order chi connectivity index (χ0) is 15.8. The summed E-state index contributed by atoms with van der Waals surface area (Å²) in [4.78, 5) is 26.1. The van der Waals surface area contributed by atoms with Gasteiger partial charge in [-0.25, -0.2) is 0 Å². The van der Waals surface area contributed by atoms with Gasteiger partial charge in [0.2, 0.25) is 11.8 Å². The maximum atomic E-state index is 12.1. The highest BCUT2D eigenvalue weighted by Crippen LogP contribution is 2.20. The second-order valence-electron chi connectivity index (χ2n) is 5.97. The van der Waals surface area contributed by atoms with Crippen LogP contribution in [0.5, 0.6) is 0 Å². The third-order valence-corrected chi connectivity index (χ3v) is 4.17. The SMILES string of the molecule is CCCCCCCC(=O)N1CCC(C(=O)Nc2cn[nH]c2)C1. The monoisotopic (exact) mass is 306 g/mol. The van der Waals surface area contributed by atoms with Gasteiger partial charge >= 0.3 is 0 Å². The minimum Gasteiger partial charge on any atom is -0.342 e. The van der Waals surface area contributed by atoms with E-state index in [0.29, 0.717) is 25.2 Å². The Hall–Kier alpha value is -1.85. The Morgan fingerprint density at radius 2 is 2.18 bits per heavy atom. The first-order valence-electron chi connectivity index (χ1n) is 8.28. The summed E-state index contributed by atoms with van der Waals surface area (Å²) >= 11 is 0. The molecule has 0 saturated carbocycles. The van der Waals surface area contributed by atoms with Crippen LogP contribution in [0.4, 0.5) is 5.69 Å². The van der Waals surface area contributed by atoms with E-state index in [4.69, 9.17) is 0 Å². The lowest BCUT2D eigenvalue weighted by molar-refractivity contribution is -0.130. The van der Waals surface area contributed by atoms with Crippen LogP contribution in [-0.2, 0) is 9.59 Å². The largest absolute Gasteiger partial charge is 0.342 e. The van der Waals surface area contributed by atoms with Gasteiger partial charge in [-0.3, -0.25) is 14.7 Å². The smallest absolute Gasteiger partial charge is 0.229 e. The average Bonchev–Trinajstić information content (AvgIpc) is 3.18. The molecule has 6 nitrogen and oxygen atoms in total. The van der Waals surface area contributed by atoms with E-state index in [1.807, 2.05) is 4.90 Å². The number of amides is 2. The Balaban J connectivity index is 1.68. The van der Waals surface area contributed by atoms with Crippen molar-refractivity contribution in [3.63, 3.8) is 0 Å². The van der Waals surface area contributed by atoms with Gasteiger partial charge in [0.15, 0.2) is 0 Å². The lowest BCUT2D eigenvalue weighted by Gasteiger charge is -2.16. The molecule has 1 aromatic heterocycles. The highest BCUT2D eigenvalue weighted by atomic mass is 16.2. The molecule has 1 aliphatic rings. The van der Waals surface area contributed by atoms with E-state index in [0.717, 1.165) is 19.3 Å². The van der Waals surface area contributed by atoms with Gasteiger partial charge in [0.05, 0.1) is 17.8 Å². The van der Waals surface area contributed by atoms with Crippen molar-refractivity contribution in [2.75, 3.05) is 18.4 Å². The second kappa shape index (κ2) is 8.56. The Bertz CT molecular complexity index is 473. The quantitative estimate of drug-likeness (QED) is 0.725. The third-order valence-electron chi connectivity index (χ3n) is 4.17. The van der Waals surface area contributed by atoms with Gasteiger partial charge in [-0.05, 0) is 12.8 Å². The number of H-pyrrole nitrogens is 1. The van der Waals surface area contributed by atoms with E-state index in [-0.39, 0.29) is 17.7 Å². The first kappa shape index (κ1) is 16.5. The van der Waals surface area contributed by atoms with Crippen LogP contribution in [0.1, 0.15) is 51.9 Å². The Labute approximate surface area is 131 Å². The van der Waals surface area contributed by atoms with Crippen LogP contribution in [0, 0.1) is 5.92 Å². The lowest BCUT2D eigenvalue weighted by atomic mass is 10.1. The van der Waals surface area contributed by atoms with Crippen LogP contribution in [0.25, 0.3) is 0 Å². The van der Waals surface area contributed by atoms with Crippen molar-refractivity contribution < 1.29 is 9.59 Å². The predicted molar refractivity (Wildman–Crippen MR) is 85.3 cm³/mol. The molecule has 1 aliphatic heterocycles. The molecule has 0 bridgehead atoms. The summed E-state index contributed by atoms with van der Waals surface area (Å²) < 4.78 is 0. The van der Waals surface area contributed by atoms with Crippen molar-refractivity contribution >= 4 is 17.5 Å². The van der Waals surface area contributed by atoms with Crippen molar-refractivity contribution in [1.82, 2.24) is 15.1 Å². The van der Waals surface area contributed by atoms with E-state index in [1.165, 1.54) is 19.3 Å². The maximum absolute atomic E-state index is 12.1. The van der Waals surface area contributed by atoms with E-state index < -0.39 is 0 Å². The van der Waals surface area contributed by atoms with Gasteiger partial charge < -0.3 is 10.2 Å². The van der Waals surface area contributed by atoms with Gasteiger partial charge in [-0.2, -0.15) is 5.10 Å². The molecule has 2 N–H and O–H groups in total. The van der Waals surface area contributed by atoms with Gasteiger partial charge in [0, 0.05) is 25.7 Å². The molecule has 2 heterocycles. The standard InChI is InChI=1S/C16H26N4O2/c1-2-3-4-5-6-7-15(21)20-9-8-13(12-20)16(22)19-14-10-17-18-11-14/h10-11,13H,2-9,12H2,1H3,(H,17,18)(H,19,22). The Morgan fingerprint density at radius 3 is 2.91 bits per heavy atom. The topological polar surface area (TPSA) is 78.1 Å². The zero-order valence-electron chi connectivity index (χ0n) is 13.3. The van der Waals surface area contributed by atoms with Crippen molar-refractivity contribution in [3.8, 4) is 0 Å². The molecular weight excluding hydrogens is 280 g/mol. The highest BCUT2D eigenvalue weighted by Gasteiger charge is 2.30. The van der Waals surface area contributed by atoms with Gasteiger partial charge in [0.25, 0.3) is 0 Å². The normalized spacial score (nSPS) is 17.7. The molecule has 1 unspecified atom stereocenters. The molecule has 2 rings (SSSR count). The molecule has 0 spiro atoms. The molecule has 1 fully saturated rings. The van der Waals surface area contributed by atoms with Crippen LogP contribution in [-0.4, -0.2) is 40.0 Å². The average molecular weight is 306 g/mol. The number of carbonyl (C=O) groups excluding carboxylic acids is 2. The number of carbonyl (C=O) groups is 2. The van der Waals surface area contributed by atoms with Crippen LogP contribution in [0.3, 0.4) is 0 Å². The molecule has 0 radical (unpaired) electrons. The number of nitrogens with zero attached hydrogens (tertiary/aromatic N) is 2. The number of unbranched alkanes of at least 4 members (excludes halogenated alkanes) is 4. The van der Waals surface area contributed by atoms with E-state index in [1.54, 1.807) is 12.4 Å². The summed E-state index contributed by atoms with van der Waals surface area (Å²) in [5.74, 6) is 0.0497. The van der Waals surface area contributed by atoms with Gasteiger partial charge in [0.1, 0.15) is 0 Å². The number of hydrogen-bond donors (Lipinski definition) is 2. The number of nitrogens with one attached hydrogen (secondary N) is 2. The Morgan fingerprint density at radius 1 is 1.36 bits per heavy atom. The highest BCUT2D eigenvalue weighted by molar-refractivity contribution is 5.93. The van der Waals surface area contributed by atoms with Crippen LogP contribution >= 0.6 is 0 Å². The summed E-state index contributed by atoms with van der Waals surface area (Å²) in [6, 6.07) is 0. The molecule has 0 aromatic carbocycles. The Kier molecular flexibility index (Phi) is 6.43. The number of aromatic amines is 1. The molecule has 0 aliphatic carbocycles. The third kappa shape index (κ3) is 4.86. The number of likely N-dealkylation sites (tertiary alicyclic amines) is 1. The van der Waals surface area contributed by atoms with Crippen molar-refractivity contribution in [2.45, 2.75) is 51.9 Å². The summed E-state index contributed by atoms with van der Waals surface area (Å²) in [6.45, 7) is 3.42. The maximum Gasteiger partial charge on any atom is 0.229 e. The molecule has 1 atom stereocenters. The molecule has 22 heavy (non-hydrogen) atoms. The summed E-state index contributed by atoms with van der Waals surface area (Å²) in [6.07, 6.45) is 10.3. The van der Waals surface area contributed by atoms with E-state index in [2.05, 4.69) is 22.4 Å². The number of hydrogen-bond acceptors (Lipinski definition) is 3. The first-order valence-corrected chi connectivity index (χ1v) is 8.28. The van der Waals surface area contributed by atoms with Crippen LogP contribution < -0.4 is 5.32 Å². The summed E-state index contributed by atoms with van der Waals surface area (Å²) in [5.41, 5.74) is 0.672. The van der Waals surface area contributed by atoms with Crippen molar-refractivity contribution in [3.05, 3.63) is 12.4 Å². The van der Waals surface area contributed by atoms with Crippen LogP contribution in [0.15, 0.2) is 12.4 Å². The minimum absolute atomic E-state index is 0.0281. The fraction of sp³-hybridized carbons (Fsp3) is 0.688. The number of rotatable bonds is 8. The minimum atomic E-state index is -0.112.